The molecular formula is C15H24N2O. The van der Waals surface area contributed by atoms with Crippen LogP contribution in [0.4, 0.5) is 0 Å². The minimum absolute atomic E-state index is 0.424. The average Bonchev–Trinajstić information content (AvgIpc) is 2.42. The molecule has 3 unspecified atom stereocenters. The number of hydrogen-bond acceptors (Lipinski definition) is 3. The maximum Gasteiger partial charge on any atom is 0.0915 e. The van der Waals surface area contributed by atoms with Crippen LogP contribution in [0.25, 0.3) is 0 Å². The van der Waals surface area contributed by atoms with E-state index in [9.17, 15) is 5.11 Å². The summed E-state index contributed by atoms with van der Waals surface area (Å²) >= 11 is 0. The zero-order valence-corrected chi connectivity index (χ0v) is 11.2. The van der Waals surface area contributed by atoms with Crippen LogP contribution in [0, 0.1) is 11.8 Å². The van der Waals surface area contributed by atoms with Crippen molar-refractivity contribution in [2.45, 2.75) is 38.7 Å². The maximum absolute atomic E-state index is 10.0. The first-order valence-corrected chi connectivity index (χ1v) is 7.06. The van der Waals surface area contributed by atoms with Crippen LogP contribution in [0.2, 0.25) is 0 Å². The van der Waals surface area contributed by atoms with Gasteiger partial charge in [-0.15, -0.1) is 0 Å². The van der Waals surface area contributed by atoms with Crippen LogP contribution in [0.3, 0.4) is 0 Å². The largest absolute Gasteiger partial charge is 0.387 e. The molecule has 3 atom stereocenters. The van der Waals surface area contributed by atoms with E-state index >= 15 is 0 Å². The van der Waals surface area contributed by atoms with Crippen LogP contribution in [-0.4, -0.2) is 23.2 Å². The predicted octanol–water partition coefficient (Wildman–Crippen LogP) is 2.53. The fourth-order valence-corrected chi connectivity index (χ4v) is 2.81. The molecule has 0 spiro atoms. The number of aliphatic hydroxyl groups excluding tert-OH is 1. The summed E-state index contributed by atoms with van der Waals surface area (Å²) < 4.78 is 0. The Morgan fingerprint density at radius 2 is 2.06 bits per heavy atom. The molecule has 18 heavy (non-hydrogen) atoms. The summed E-state index contributed by atoms with van der Waals surface area (Å²) in [7, 11) is 0. The van der Waals surface area contributed by atoms with Gasteiger partial charge in [0.15, 0.2) is 0 Å². The van der Waals surface area contributed by atoms with Gasteiger partial charge in [-0.25, -0.2) is 0 Å². The van der Waals surface area contributed by atoms with Crippen LogP contribution in [-0.2, 0) is 0 Å². The molecule has 1 aromatic rings. The lowest BCUT2D eigenvalue weighted by atomic mass is 9.80. The first kappa shape index (κ1) is 13.5. The number of aliphatic hydroxyl groups is 1. The third-order valence-corrected chi connectivity index (χ3v) is 4.12. The number of rotatable bonds is 5. The van der Waals surface area contributed by atoms with E-state index in [2.05, 4.69) is 17.2 Å². The number of aromatic nitrogens is 1. The minimum Gasteiger partial charge on any atom is -0.387 e. The lowest BCUT2D eigenvalue weighted by Crippen LogP contribution is -2.31. The Labute approximate surface area is 110 Å². The third kappa shape index (κ3) is 3.79. The van der Waals surface area contributed by atoms with E-state index in [1.807, 2.05) is 12.1 Å². The lowest BCUT2D eigenvalue weighted by molar-refractivity contribution is 0.165. The molecule has 0 amide bonds. The summed E-state index contributed by atoms with van der Waals surface area (Å²) in [4.78, 5) is 3.96. The molecule has 1 aliphatic carbocycles. The highest BCUT2D eigenvalue weighted by atomic mass is 16.3. The number of nitrogens with one attached hydrogen (secondary N) is 1. The van der Waals surface area contributed by atoms with Gasteiger partial charge >= 0.3 is 0 Å². The van der Waals surface area contributed by atoms with E-state index in [-0.39, 0.29) is 0 Å². The monoisotopic (exact) mass is 248 g/mol. The van der Waals surface area contributed by atoms with Crippen LogP contribution < -0.4 is 5.32 Å². The minimum atomic E-state index is -0.424. The van der Waals surface area contributed by atoms with Crippen molar-refractivity contribution in [2.75, 3.05) is 13.1 Å². The number of nitrogens with zero attached hydrogens (tertiary/aromatic N) is 1. The summed E-state index contributed by atoms with van der Waals surface area (Å²) in [5.41, 5.74) is 0.939. The Morgan fingerprint density at radius 1 is 1.33 bits per heavy atom. The smallest absolute Gasteiger partial charge is 0.0915 e. The molecule has 100 valence electrons. The Kier molecular flexibility index (Phi) is 5.14. The van der Waals surface area contributed by atoms with Gasteiger partial charge in [-0.05, 0) is 42.5 Å². The van der Waals surface area contributed by atoms with E-state index in [4.69, 9.17) is 0 Å². The molecule has 3 heteroatoms. The van der Waals surface area contributed by atoms with Crippen molar-refractivity contribution in [3.8, 4) is 0 Å². The van der Waals surface area contributed by atoms with E-state index in [0.29, 0.717) is 6.54 Å². The molecule has 0 radical (unpaired) electrons. The van der Waals surface area contributed by atoms with Gasteiger partial charge in [-0.1, -0.05) is 26.2 Å². The molecule has 0 bridgehead atoms. The van der Waals surface area contributed by atoms with Gasteiger partial charge in [-0.2, -0.15) is 0 Å². The second kappa shape index (κ2) is 6.86. The zero-order valence-electron chi connectivity index (χ0n) is 11.2. The second-order valence-corrected chi connectivity index (χ2v) is 5.48. The Bertz CT molecular complexity index is 342. The Balaban J connectivity index is 1.71. The van der Waals surface area contributed by atoms with E-state index in [1.165, 1.54) is 25.7 Å². The van der Waals surface area contributed by atoms with Gasteiger partial charge in [0.25, 0.3) is 0 Å². The topological polar surface area (TPSA) is 45.1 Å². The van der Waals surface area contributed by atoms with E-state index < -0.39 is 6.10 Å². The molecular weight excluding hydrogens is 224 g/mol. The van der Waals surface area contributed by atoms with Crippen molar-refractivity contribution in [1.82, 2.24) is 10.3 Å². The molecule has 0 aromatic carbocycles. The highest BCUT2D eigenvalue weighted by Gasteiger charge is 2.20. The molecule has 2 N–H and O–H groups in total. The van der Waals surface area contributed by atoms with Gasteiger partial charge in [0.2, 0.25) is 0 Å². The van der Waals surface area contributed by atoms with Crippen LogP contribution in [0.5, 0.6) is 0 Å². The van der Waals surface area contributed by atoms with Crippen molar-refractivity contribution < 1.29 is 5.11 Å². The molecule has 1 fully saturated rings. The van der Waals surface area contributed by atoms with Crippen molar-refractivity contribution >= 4 is 0 Å². The van der Waals surface area contributed by atoms with E-state index in [0.717, 1.165) is 23.9 Å². The third-order valence-electron chi connectivity index (χ3n) is 4.12. The maximum atomic E-state index is 10.0. The SMILES string of the molecule is CC1CCCCC1CNCC(O)c1ccncc1. The zero-order chi connectivity index (χ0) is 12.8. The molecule has 0 saturated heterocycles. The van der Waals surface area contributed by atoms with Gasteiger partial charge in [0.05, 0.1) is 6.10 Å². The molecule has 3 nitrogen and oxygen atoms in total. The predicted molar refractivity (Wildman–Crippen MR) is 73.2 cm³/mol. The van der Waals surface area contributed by atoms with Crippen LogP contribution >= 0.6 is 0 Å². The average molecular weight is 248 g/mol. The van der Waals surface area contributed by atoms with E-state index in [1.54, 1.807) is 12.4 Å². The fraction of sp³-hybridized carbons (Fsp3) is 0.667. The summed E-state index contributed by atoms with van der Waals surface area (Å²) in [6, 6.07) is 3.74. The highest BCUT2D eigenvalue weighted by Crippen LogP contribution is 2.28. The first-order valence-electron chi connectivity index (χ1n) is 7.06. The first-order chi connectivity index (χ1) is 8.77. The van der Waals surface area contributed by atoms with Crippen molar-refractivity contribution in [2.24, 2.45) is 11.8 Å². The van der Waals surface area contributed by atoms with Crippen LogP contribution in [0.1, 0.15) is 44.3 Å². The van der Waals surface area contributed by atoms with Crippen LogP contribution in [0.15, 0.2) is 24.5 Å². The van der Waals surface area contributed by atoms with Crippen molar-refractivity contribution in [1.29, 1.82) is 0 Å². The fourth-order valence-electron chi connectivity index (χ4n) is 2.81. The summed E-state index contributed by atoms with van der Waals surface area (Å²) in [6.45, 7) is 4.02. The Morgan fingerprint density at radius 3 is 2.78 bits per heavy atom. The lowest BCUT2D eigenvalue weighted by Gasteiger charge is -2.29. The summed E-state index contributed by atoms with van der Waals surface area (Å²) in [5.74, 6) is 1.60. The normalized spacial score (nSPS) is 25.9. The molecule has 1 heterocycles. The second-order valence-electron chi connectivity index (χ2n) is 5.48. The molecule has 0 aliphatic heterocycles. The van der Waals surface area contributed by atoms with Gasteiger partial charge in [0.1, 0.15) is 0 Å². The van der Waals surface area contributed by atoms with Crippen molar-refractivity contribution in [3.05, 3.63) is 30.1 Å². The molecule has 1 aromatic heterocycles. The summed E-state index contributed by atoms with van der Waals surface area (Å²) in [5, 5.41) is 13.4. The standard InChI is InChI=1S/C15H24N2O/c1-12-4-2-3-5-14(12)10-17-11-15(18)13-6-8-16-9-7-13/h6-9,12,14-15,17-18H,2-5,10-11H2,1H3. The van der Waals surface area contributed by atoms with Crippen molar-refractivity contribution in [3.63, 3.8) is 0 Å². The molecule has 1 aliphatic rings. The number of pyridine rings is 1. The molecule has 1 saturated carbocycles. The quantitative estimate of drug-likeness (QED) is 0.841. The van der Waals surface area contributed by atoms with Gasteiger partial charge in [-0.3, -0.25) is 4.98 Å². The number of hydrogen-bond donors (Lipinski definition) is 2. The highest BCUT2D eigenvalue weighted by molar-refractivity contribution is 5.13. The van der Waals surface area contributed by atoms with Gasteiger partial charge in [0, 0.05) is 18.9 Å². The Hall–Kier alpha value is -0.930. The molecule has 2 rings (SSSR count). The van der Waals surface area contributed by atoms with Gasteiger partial charge < -0.3 is 10.4 Å². The summed E-state index contributed by atoms with van der Waals surface area (Å²) in [6.07, 6.45) is 8.47.